The molecule has 0 unspecified atom stereocenters. The van der Waals surface area contributed by atoms with Crippen LogP contribution in [0.1, 0.15) is 12.0 Å². The lowest BCUT2D eigenvalue weighted by Gasteiger charge is -2.12. The molecule has 84 valence electrons. The van der Waals surface area contributed by atoms with Crippen molar-refractivity contribution in [2.75, 3.05) is 20.0 Å². The molecule has 0 N–H and O–H groups in total. The fraction of sp³-hybridized carbons (Fsp3) is 0.500. The first-order valence-corrected chi connectivity index (χ1v) is 6.00. The van der Waals surface area contributed by atoms with Gasteiger partial charge in [-0.3, -0.25) is 0 Å². The minimum atomic E-state index is -0.0819. The third-order valence-corrected chi connectivity index (χ3v) is 3.44. The van der Waals surface area contributed by atoms with Crippen LogP contribution in [0.2, 0.25) is 0 Å². The van der Waals surface area contributed by atoms with Gasteiger partial charge in [0.05, 0.1) is 0 Å². The molecule has 0 fully saturated rings. The van der Waals surface area contributed by atoms with E-state index in [1.165, 1.54) is 10.5 Å². The quantitative estimate of drug-likeness (QED) is 0.548. The molecule has 0 atom stereocenters. The van der Waals surface area contributed by atoms with Gasteiger partial charge in [-0.25, -0.2) is 0 Å². The summed E-state index contributed by atoms with van der Waals surface area (Å²) >= 11 is 1.85. The van der Waals surface area contributed by atoms with Crippen molar-refractivity contribution in [2.45, 2.75) is 24.5 Å². The van der Waals surface area contributed by atoms with Gasteiger partial charge in [0.25, 0.3) is 0 Å². The Morgan fingerprint density at radius 1 is 1.20 bits per heavy atom. The first-order chi connectivity index (χ1) is 7.27. The number of rotatable bonds is 6. The molecule has 0 radical (unpaired) electrons. The van der Waals surface area contributed by atoms with Crippen molar-refractivity contribution in [3.8, 4) is 0 Å². The van der Waals surface area contributed by atoms with E-state index in [-0.39, 0.29) is 6.29 Å². The van der Waals surface area contributed by atoms with Crippen molar-refractivity contribution in [1.82, 2.24) is 0 Å². The maximum Gasteiger partial charge on any atom is 0.157 e. The Bertz CT molecular complexity index is 285. The molecule has 1 rings (SSSR count). The molecule has 0 saturated heterocycles. The van der Waals surface area contributed by atoms with Crippen LogP contribution < -0.4 is 0 Å². The monoisotopic (exact) mass is 226 g/mol. The fourth-order valence-corrected chi connectivity index (χ4v) is 2.32. The highest BCUT2D eigenvalue weighted by atomic mass is 32.2. The number of ether oxygens (including phenoxy) is 2. The maximum absolute atomic E-state index is 5.13. The zero-order valence-electron chi connectivity index (χ0n) is 9.53. The van der Waals surface area contributed by atoms with E-state index in [2.05, 4.69) is 31.2 Å². The van der Waals surface area contributed by atoms with Crippen LogP contribution in [-0.2, 0) is 9.47 Å². The Morgan fingerprint density at radius 2 is 1.87 bits per heavy atom. The zero-order valence-corrected chi connectivity index (χ0v) is 10.3. The molecule has 0 bridgehead atoms. The van der Waals surface area contributed by atoms with E-state index in [9.17, 15) is 0 Å². The second-order valence-corrected chi connectivity index (χ2v) is 4.44. The van der Waals surface area contributed by atoms with Gasteiger partial charge in [-0.05, 0) is 18.6 Å². The van der Waals surface area contributed by atoms with Crippen LogP contribution in [0.4, 0.5) is 0 Å². The number of thioether (sulfide) groups is 1. The summed E-state index contributed by atoms with van der Waals surface area (Å²) in [6.07, 6.45) is 0.827. The van der Waals surface area contributed by atoms with Crippen LogP contribution >= 0.6 is 11.8 Å². The van der Waals surface area contributed by atoms with E-state index < -0.39 is 0 Å². The van der Waals surface area contributed by atoms with Crippen LogP contribution in [0.5, 0.6) is 0 Å². The second kappa shape index (κ2) is 6.88. The highest BCUT2D eigenvalue weighted by molar-refractivity contribution is 7.99. The summed E-state index contributed by atoms with van der Waals surface area (Å²) in [5.41, 5.74) is 1.33. The maximum atomic E-state index is 5.13. The van der Waals surface area contributed by atoms with Crippen LogP contribution in [0, 0.1) is 6.92 Å². The SMILES string of the molecule is COC(CCSc1ccccc1C)OC. The minimum Gasteiger partial charge on any atom is -0.356 e. The molecule has 2 nitrogen and oxygen atoms in total. The summed E-state index contributed by atoms with van der Waals surface area (Å²) in [6.45, 7) is 2.13. The van der Waals surface area contributed by atoms with E-state index in [1.54, 1.807) is 14.2 Å². The van der Waals surface area contributed by atoms with Gasteiger partial charge in [-0.2, -0.15) is 0 Å². The summed E-state index contributed by atoms with van der Waals surface area (Å²) in [7, 11) is 3.35. The van der Waals surface area contributed by atoms with Gasteiger partial charge in [0.1, 0.15) is 0 Å². The highest BCUT2D eigenvalue weighted by Crippen LogP contribution is 2.23. The van der Waals surface area contributed by atoms with E-state index in [0.717, 1.165) is 12.2 Å². The molecule has 1 aromatic carbocycles. The molecule has 0 aliphatic rings. The third kappa shape index (κ3) is 4.24. The van der Waals surface area contributed by atoms with Crippen LogP contribution in [0.3, 0.4) is 0 Å². The van der Waals surface area contributed by atoms with Crippen LogP contribution in [0.15, 0.2) is 29.2 Å². The highest BCUT2D eigenvalue weighted by Gasteiger charge is 2.05. The van der Waals surface area contributed by atoms with Gasteiger partial charge < -0.3 is 9.47 Å². The summed E-state index contributed by atoms with van der Waals surface area (Å²) in [5, 5.41) is 0. The van der Waals surface area contributed by atoms with Crippen LogP contribution in [-0.4, -0.2) is 26.3 Å². The Kier molecular flexibility index (Phi) is 5.76. The van der Waals surface area contributed by atoms with E-state index in [0.29, 0.717) is 0 Å². The fourth-order valence-electron chi connectivity index (χ4n) is 1.32. The first kappa shape index (κ1) is 12.6. The smallest absolute Gasteiger partial charge is 0.157 e. The van der Waals surface area contributed by atoms with Gasteiger partial charge in [0.2, 0.25) is 0 Å². The Morgan fingerprint density at radius 3 is 2.47 bits per heavy atom. The Hall–Kier alpha value is -0.510. The minimum absolute atomic E-state index is 0.0819. The molecular weight excluding hydrogens is 208 g/mol. The van der Waals surface area contributed by atoms with Crippen LogP contribution in [0.25, 0.3) is 0 Å². The van der Waals surface area contributed by atoms with Crippen molar-refractivity contribution >= 4 is 11.8 Å². The van der Waals surface area contributed by atoms with E-state index in [1.807, 2.05) is 11.8 Å². The van der Waals surface area contributed by atoms with Crippen molar-refractivity contribution < 1.29 is 9.47 Å². The largest absolute Gasteiger partial charge is 0.356 e. The third-order valence-electron chi connectivity index (χ3n) is 2.23. The second-order valence-electron chi connectivity index (χ2n) is 3.30. The van der Waals surface area contributed by atoms with Crippen molar-refractivity contribution in [3.05, 3.63) is 29.8 Å². The molecular formula is C12H18O2S. The van der Waals surface area contributed by atoms with Crippen molar-refractivity contribution in [3.63, 3.8) is 0 Å². The average Bonchev–Trinajstić information content (AvgIpc) is 2.27. The molecule has 0 aromatic heterocycles. The van der Waals surface area contributed by atoms with Gasteiger partial charge >= 0.3 is 0 Å². The molecule has 1 aromatic rings. The summed E-state index contributed by atoms with van der Waals surface area (Å²) in [6, 6.07) is 8.41. The number of hydrogen-bond acceptors (Lipinski definition) is 3. The number of hydrogen-bond donors (Lipinski definition) is 0. The molecule has 0 saturated carbocycles. The first-order valence-electron chi connectivity index (χ1n) is 5.02. The average molecular weight is 226 g/mol. The molecule has 15 heavy (non-hydrogen) atoms. The summed E-state index contributed by atoms with van der Waals surface area (Å²) < 4.78 is 10.3. The summed E-state index contributed by atoms with van der Waals surface area (Å²) in [5.74, 6) is 1.01. The van der Waals surface area contributed by atoms with Crippen molar-refractivity contribution in [1.29, 1.82) is 0 Å². The predicted molar refractivity (Wildman–Crippen MR) is 64.3 cm³/mol. The lowest BCUT2D eigenvalue weighted by atomic mass is 10.2. The van der Waals surface area contributed by atoms with Crippen molar-refractivity contribution in [2.24, 2.45) is 0 Å². The van der Waals surface area contributed by atoms with Gasteiger partial charge in [-0.15, -0.1) is 11.8 Å². The number of benzene rings is 1. The van der Waals surface area contributed by atoms with E-state index in [4.69, 9.17) is 9.47 Å². The van der Waals surface area contributed by atoms with E-state index >= 15 is 0 Å². The zero-order chi connectivity index (χ0) is 11.1. The standard InChI is InChI=1S/C12H18O2S/c1-10-6-4-5-7-11(10)15-9-8-12(13-2)14-3/h4-7,12H,8-9H2,1-3H3. The number of aryl methyl sites for hydroxylation is 1. The van der Waals surface area contributed by atoms with Gasteiger partial charge in [-0.1, -0.05) is 18.2 Å². The Balaban J connectivity index is 2.34. The normalized spacial score (nSPS) is 10.9. The molecule has 0 aliphatic heterocycles. The summed E-state index contributed by atoms with van der Waals surface area (Å²) in [4.78, 5) is 1.34. The molecule has 0 aliphatic carbocycles. The molecule has 0 amide bonds. The van der Waals surface area contributed by atoms with Gasteiger partial charge in [0, 0.05) is 31.3 Å². The Labute approximate surface area is 96.0 Å². The van der Waals surface area contributed by atoms with Gasteiger partial charge in [0.15, 0.2) is 6.29 Å². The number of methoxy groups -OCH3 is 2. The lowest BCUT2D eigenvalue weighted by Crippen LogP contribution is -2.13. The molecule has 0 heterocycles. The predicted octanol–water partition coefficient (Wildman–Crippen LogP) is 3.10. The molecule has 3 heteroatoms. The topological polar surface area (TPSA) is 18.5 Å². The lowest BCUT2D eigenvalue weighted by molar-refractivity contribution is -0.102. The molecule has 0 spiro atoms.